The molecular weight excluding hydrogens is 368 g/mol. The minimum Gasteiger partial charge on any atom is -0.352 e. The van der Waals surface area contributed by atoms with Gasteiger partial charge in [0.2, 0.25) is 11.8 Å². The van der Waals surface area contributed by atoms with Crippen LogP contribution in [-0.4, -0.2) is 20.6 Å². The molecule has 2 heterocycles. The van der Waals surface area contributed by atoms with Crippen LogP contribution in [0.15, 0.2) is 58.0 Å². The van der Waals surface area contributed by atoms with Crippen LogP contribution in [-0.2, 0) is 24.3 Å². The third kappa shape index (κ3) is 6.14. The summed E-state index contributed by atoms with van der Waals surface area (Å²) in [5.41, 5.74) is 2.03. The molecule has 0 aliphatic heterocycles. The molecule has 0 unspecified atom stereocenters. The van der Waals surface area contributed by atoms with E-state index in [1.807, 2.05) is 44.2 Å². The number of carbonyl (C=O) groups excluding carboxylic acids is 1. The summed E-state index contributed by atoms with van der Waals surface area (Å²) in [4.78, 5) is 28.1. The maximum Gasteiger partial charge on any atom is 0.250 e. The summed E-state index contributed by atoms with van der Waals surface area (Å²) in [5, 5.41) is 6.85. The largest absolute Gasteiger partial charge is 0.352 e. The van der Waals surface area contributed by atoms with E-state index in [-0.39, 0.29) is 17.4 Å². The number of hydrogen-bond donors (Lipinski definition) is 1. The fourth-order valence-corrected chi connectivity index (χ4v) is 2.84. The summed E-state index contributed by atoms with van der Waals surface area (Å²) in [6, 6.07) is 13.0. The van der Waals surface area contributed by atoms with E-state index in [2.05, 4.69) is 15.5 Å². The van der Waals surface area contributed by atoms with E-state index in [9.17, 15) is 9.59 Å². The van der Waals surface area contributed by atoms with Crippen molar-refractivity contribution >= 4 is 5.91 Å². The van der Waals surface area contributed by atoms with Crippen LogP contribution in [0.5, 0.6) is 0 Å². The number of benzene rings is 1. The van der Waals surface area contributed by atoms with E-state index in [1.54, 1.807) is 22.9 Å². The molecule has 0 saturated heterocycles. The third-order valence-corrected chi connectivity index (χ3v) is 4.56. The molecule has 0 saturated carbocycles. The SMILES string of the molecule is CC(C)c1noc(CCCC(=O)NCc2ccc(Cn3ccccc3=O)cc2)n1. The van der Waals surface area contributed by atoms with Crippen LogP contribution in [0.4, 0.5) is 0 Å². The highest BCUT2D eigenvalue weighted by Gasteiger charge is 2.10. The van der Waals surface area contributed by atoms with Gasteiger partial charge in [0.15, 0.2) is 5.82 Å². The maximum absolute atomic E-state index is 12.0. The van der Waals surface area contributed by atoms with Crippen molar-refractivity contribution in [2.75, 3.05) is 0 Å². The monoisotopic (exact) mass is 394 g/mol. The number of aromatic nitrogens is 3. The Hall–Kier alpha value is -3.22. The maximum atomic E-state index is 12.0. The Morgan fingerprint density at radius 2 is 1.90 bits per heavy atom. The van der Waals surface area contributed by atoms with Crippen molar-refractivity contribution in [1.82, 2.24) is 20.0 Å². The van der Waals surface area contributed by atoms with Crippen molar-refractivity contribution in [2.45, 2.75) is 52.1 Å². The molecular formula is C22H26N4O3. The van der Waals surface area contributed by atoms with Gasteiger partial charge in [-0.1, -0.05) is 49.3 Å². The van der Waals surface area contributed by atoms with Gasteiger partial charge in [0, 0.05) is 37.6 Å². The Morgan fingerprint density at radius 1 is 1.14 bits per heavy atom. The lowest BCUT2D eigenvalue weighted by molar-refractivity contribution is -0.121. The fourth-order valence-electron chi connectivity index (χ4n) is 2.84. The van der Waals surface area contributed by atoms with Crippen LogP contribution < -0.4 is 10.9 Å². The lowest BCUT2D eigenvalue weighted by Gasteiger charge is -2.08. The van der Waals surface area contributed by atoms with Crippen molar-refractivity contribution in [2.24, 2.45) is 0 Å². The number of hydrogen-bond acceptors (Lipinski definition) is 5. The van der Waals surface area contributed by atoms with Gasteiger partial charge in [-0.15, -0.1) is 0 Å². The summed E-state index contributed by atoms with van der Waals surface area (Å²) in [7, 11) is 0. The van der Waals surface area contributed by atoms with Crippen molar-refractivity contribution < 1.29 is 9.32 Å². The van der Waals surface area contributed by atoms with Gasteiger partial charge in [0.1, 0.15) is 0 Å². The lowest BCUT2D eigenvalue weighted by Crippen LogP contribution is -2.22. The summed E-state index contributed by atoms with van der Waals surface area (Å²) in [5.74, 6) is 1.50. The molecule has 2 aromatic heterocycles. The second-order valence-electron chi connectivity index (χ2n) is 7.31. The Morgan fingerprint density at radius 3 is 2.59 bits per heavy atom. The van der Waals surface area contributed by atoms with Crippen molar-refractivity contribution in [1.29, 1.82) is 0 Å². The van der Waals surface area contributed by atoms with Gasteiger partial charge in [0.25, 0.3) is 5.56 Å². The molecule has 0 atom stereocenters. The summed E-state index contributed by atoms with van der Waals surface area (Å²) in [6.45, 7) is 5.02. The number of nitrogens with zero attached hydrogens (tertiary/aromatic N) is 3. The first-order valence-electron chi connectivity index (χ1n) is 9.83. The molecule has 29 heavy (non-hydrogen) atoms. The zero-order valence-electron chi connectivity index (χ0n) is 16.8. The molecule has 7 heteroatoms. The molecule has 1 aromatic carbocycles. The normalized spacial score (nSPS) is 11.0. The Bertz CT molecular complexity index is 990. The van der Waals surface area contributed by atoms with E-state index in [1.165, 1.54) is 0 Å². The summed E-state index contributed by atoms with van der Waals surface area (Å²) < 4.78 is 6.84. The van der Waals surface area contributed by atoms with Crippen LogP contribution in [0, 0.1) is 0 Å². The van der Waals surface area contributed by atoms with Gasteiger partial charge in [-0.25, -0.2) is 0 Å². The third-order valence-electron chi connectivity index (χ3n) is 4.56. The van der Waals surface area contributed by atoms with Gasteiger partial charge in [-0.05, 0) is 23.6 Å². The average Bonchev–Trinajstić information content (AvgIpc) is 3.18. The number of carbonyl (C=O) groups is 1. The van der Waals surface area contributed by atoms with Gasteiger partial charge >= 0.3 is 0 Å². The van der Waals surface area contributed by atoms with Crippen LogP contribution >= 0.6 is 0 Å². The Balaban J connectivity index is 1.40. The number of pyridine rings is 1. The fraction of sp³-hybridized carbons (Fsp3) is 0.364. The number of nitrogens with one attached hydrogen (secondary N) is 1. The molecule has 0 radical (unpaired) electrons. The topological polar surface area (TPSA) is 90.0 Å². The molecule has 1 N–H and O–H groups in total. The molecule has 0 spiro atoms. The van der Waals surface area contributed by atoms with Crippen LogP contribution in [0.25, 0.3) is 0 Å². The standard InChI is InChI=1S/C22H26N4O3/c1-16(2)22-24-20(29-25-22)7-5-6-19(27)23-14-17-9-11-18(12-10-17)15-26-13-4-3-8-21(26)28/h3-4,8-13,16H,5-7,14-15H2,1-2H3,(H,23,27). The van der Waals surface area contributed by atoms with Crippen molar-refractivity contribution in [3.8, 4) is 0 Å². The summed E-state index contributed by atoms with van der Waals surface area (Å²) in [6.07, 6.45) is 3.44. The summed E-state index contributed by atoms with van der Waals surface area (Å²) >= 11 is 0. The molecule has 0 fully saturated rings. The van der Waals surface area contributed by atoms with Gasteiger partial charge in [-0.3, -0.25) is 9.59 Å². The molecule has 3 aromatic rings. The lowest BCUT2D eigenvalue weighted by atomic mass is 10.1. The van der Waals surface area contributed by atoms with Crippen LogP contribution in [0.1, 0.15) is 55.4 Å². The van der Waals surface area contributed by atoms with Crippen molar-refractivity contribution in [3.63, 3.8) is 0 Å². The van der Waals surface area contributed by atoms with E-state index in [0.717, 1.165) is 11.1 Å². The molecule has 152 valence electrons. The molecule has 3 rings (SSSR count). The predicted octanol–water partition coefficient (Wildman–Crippen LogP) is 3.04. The molecule has 7 nitrogen and oxygen atoms in total. The quantitative estimate of drug-likeness (QED) is 0.602. The molecule has 0 aliphatic carbocycles. The van der Waals surface area contributed by atoms with E-state index < -0.39 is 0 Å². The van der Waals surface area contributed by atoms with E-state index >= 15 is 0 Å². The highest BCUT2D eigenvalue weighted by Crippen LogP contribution is 2.11. The zero-order chi connectivity index (χ0) is 20.6. The second kappa shape index (κ2) is 9.82. The Labute approximate surface area is 169 Å². The minimum atomic E-state index is -0.0233. The first-order valence-corrected chi connectivity index (χ1v) is 9.83. The number of amides is 1. The average molecular weight is 394 g/mol. The van der Waals surface area contributed by atoms with E-state index in [0.29, 0.717) is 44.1 Å². The van der Waals surface area contributed by atoms with E-state index in [4.69, 9.17) is 4.52 Å². The minimum absolute atomic E-state index is 0.00601. The van der Waals surface area contributed by atoms with Gasteiger partial charge < -0.3 is 14.4 Å². The molecule has 0 aliphatic rings. The number of rotatable bonds is 9. The van der Waals surface area contributed by atoms with Crippen LogP contribution in [0.2, 0.25) is 0 Å². The zero-order valence-corrected chi connectivity index (χ0v) is 16.8. The predicted molar refractivity (Wildman–Crippen MR) is 109 cm³/mol. The molecule has 1 amide bonds. The van der Waals surface area contributed by atoms with Crippen molar-refractivity contribution in [3.05, 3.63) is 81.9 Å². The smallest absolute Gasteiger partial charge is 0.250 e. The highest BCUT2D eigenvalue weighted by atomic mass is 16.5. The van der Waals surface area contributed by atoms with Gasteiger partial charge in [0.05, 0.1) is 6.54 Å². The van der Waals surface area contributed by atoms with Crippen LogP contribution in [0.3, 0.4) is 0 Å². The first kappa shape index (κ1) is 20.5. The number of aryl methyl sites for hydroxylation is 1. The second-order valence-corrected chi connectivity index (χ2v) is 7.31. The Kier molecular flexibility index (Phi) is 6.94. The molecule has 0 bridgehead atoms. The highest BCUT2D eigenvalue weighted by molar-refractivity contribution is 5.75. The first-order chi connectivity index (χ1) is 14.0. The van der Waals surface area contributed by atoms with Gasteiger partial charge in [-0.2, -0.15) is 4.98 Å².